The molecule has 0 saturated carbocycles. The number of nitrogens with zero attached hydrogens (tertiary/aromatic N) is 1. The number of piperidine rings is 1. The highest BCUT2D eigenvalue weighted by Crippen LogP contribution is 2.15. The van der Waals surface area contributed by atoms with Crippen LogP contribution in [0.1, 0.15) is 12.8 Å². The summed E-state index contributed by atoms with van der Waals surface area (Å²) in [5.74, 6) is -0.126. The molecule has 4 heteroatoms. The molecule has 4 nitrogen and oxygen atoms in total. The maximum atomic E-state index is 10.8. The fourth-order valence-electron chi connectivity index (χ4n) is 1.58. The number of amides is 1. The molecule has 0 aromatic carbocycles. The number of β-amino-alcohol motifs (C(OH)–C–C–N with tert-alkyl or cyclic N) is 1. The quantitative estimate of drug-likeness (QED) is 0.587. The van der Waals surface area contributed by atoms with Crippen LogP contribution in [0.15, 0.2) is 0 Å². The zero-order valence-electron chi connectivity index (χ0n) is 7.20. The molecular weight excluding hydrogens is 158 g/mol. The van der Waals surface area contributed by atoms with E-state index >= 15 is 0 Å². The van der Waals surface area contributed by atoms with Gasteiger partial charge in [-0.2, -0.15) is 0 Å². The van der Waals surface area contributed by atoms with Gasteiger partial charge in [-0.3, -0.25) is 4.79 Å². The maximum Gasteiger partial charge on any atom is 0.220 e. The summed E-state index contributed by atoms with van der Waals surface area (Å²) in [6.07, 6.45) is 1.69. The molecule has 1 saturated heterocycles. The van der Waals surface area contributed by atoms with Crippen LogP contribution in [0.25, 0.3) is 0 Å². The molecule has 0 spiro atoms. The van der Waals surface area contributed by atoms with Crippen molar-refractivity contribution in [2.24, 2.45) is 11.7 Å². The van der Waals surface area contributed by atoms with Gasteiger partial charge in [-0.1, -0.05) is 0 Å². The molecule has 0 atom stereocenters. The summed E-state index contributed by atoms with van der Waals surface area (Å²) in [6, 6.07) is 0. The van der Waals surface area contributed by atoms with Crippen molar-refractivity contribution >= 4 is 5.91 Å². The lowest BCUT2D eigenvalue weighted by molar-refractivity contribution is -0.123. The molecule has 0 bridgehead atoms. The van der Waals surface area contributed by atoms with Crippen LogP contribution in [0.3, 0.4) is 0 Å². The summed E-state index contributed by atoms with van der Waals surface area (Å²) in [5, 5.41) is 8.66. The Balaban J connectivity index is 2.25. The van der Waals surface area contributed by atoms with Gasteiger partial charge < -0.3 is 15.7 Å². The van der Waals surface area contributed by atoms with Crippen molar-refractivity contribution in [3.05, 3.63) is 0 Å². The summed E-state index contributed by atoms with van der Waals surface area (Å²) in [4.78, 5) is 12.9. The molecule has 1 aliphatic heterocycles. The van der Waals surface area contributed by atoms with Crippen LogP contribution in [-0.4, -0.2) is 42.2 Å². The molecule has 0 aromatic rings. The number of aliphatic hydroxyl groups is 1. The SMILES string of the molecule is NC(=O)C1CCN(C[14CH2]O)CC1. The van der Waals surface area contributed by atoms with Gasteiger partial charge in [0, 0.05) is 12.5 Å². The number of carbonyl (C=O) groups is 1. The zero-order chi connectivity index (χ0) is 8.97. The Kier molecular flexibility index (Phi) is 3.49. The molecule has 12 heavy (non-hydrogen) atoms. The first-order valence-electron chi connectivity index (χ1n) is 4.36. The second-order valence-electron chi connectivity index (χ2n) is 3.24. The Labute approximate surface area is 72.3 Å². The molecule has 1 fully saturated rings. The van der Waals surface area contributed by atoms with Crippen LogP contribution in [0.4, 0.5) is 0 Å². The van der Waals surface area contributed by atoms with E-state index in [1.54, 1.807) is 0 Å². The van der Waals surface area contributed by atoms with Crippen LogP contribution in [0.5, 0.6) is 0 Å². The topological polar surface area (TPSA) is 66.6 Å². The fraction of sp³-hybridized carbons (Fsp3) is 0.875. The number of aliphatic hydroxyl groups excluding tert-OH is 1. The third-order valence-corrected chi connectivity index (χ3v) is 2.41. The minimum Gasteiger partial charge on any atom is -0.395 e. The van der Waals surface area contributed by atoms with Gasteiger partial charge in [-0.05, 0) is 25.9 Å². The minimum absolute atomic E-state index is 0.0555. The summed E-state index contributed by atoms with van der Waals surface area (Å²) in [6.45, 7) is 2.68. The van der Waals surface area contributed by atoms with E-state index in [-0.39, 0.29) is 18.4 Å². The van der Waals surface area contributed by atoms with Crippen LogP contribution >= 0.6 is 0 Å². The molecule has 1 heterocycles. The number of nitrogens with two attached hydrogens (primary N) is 1. The molecule has 0 radical (unpaired) electrons. The van der Waals surface area contributed by atoms with Gasteiger partial charge >= 0.3 is 0 Å². The highest BCUT2D eigenvalue weighted by Gasteiger charge is 2.22. The third kappa shape index (κ3) is 2.46. The Morgan fingerprint density at radius 3 is 2.58 bits per heavy atom. The van der Waals surface area contributed by atoms with Crippen LogP contribution in [-0.2, 0) is 4.79 Å². The highest BCUT2D eigenvalue weighted by atomic mass is 16.5. The normalized spacial score (nSPS) is 21.1. The summed E-state index contributed by atoms with van der Waals surface area (Å²) in [5.41, 5.74) is 5.18. The highest BCUT2D eigenvalue weighted by molar-refractivity contribution is 5.76. The average molecular weight is 174 g/mol. The minimum atomic E-state index is -0.182. The lowest BCUT2D eigenvalue weighted by Gasteiger charge is -2.29. The standard InChI is InChI=1S/C8H16N2O2/c9-8(12)7-1-3-10(4-2-7)5-6-11/h7,11H,1-6H2,(H2,9,12)/i6+2. The van der Waals surface area contributed by atoms with E-state index in [2.05, 4.69) is 4.90 Å². The van der Waals surface area contributed by atoms with Gasteiger partial charge in [-0.25, -0.2) is 0 Å². The van der Waals surface area contributed by atoms with E-state index < -0.39 is 0 Å². The fourth-order valence-corrected chi connectivity index (χ4v) is 1.58. The predicted molar refractivity (Wildman–Crippen MR) is 45.4 cm³/mol. The molecule has 0 aliphatic carbocycles. The monoisotopic (exact) mass is 174 g/mol. The number of hydrogen-bond donors (Lipinski definition) is 2. The summed E-state index contributed by atoms with van der Waals surface area (Å²) in [7, 11) is 0. The Hall–Kier alpha value is -0.610. The smallest absolute Gasteiger partial charge is 0.220 e. The van der Waals surface area contributed by atoms with Crippen LogP contribution in [0.2, 0.25) is 0 Å². The molecule has 1 rings (SSSR count). The Morgan fingerprint density at radius 1 is 1.58 bits per heavy atom. The number of primary amides is 1. The van der Waals surface area contributed by atoms with Crippen molar-refractivity contribution in [2.75, 3.05) is 26.2 Å². The summed E-state index contributed by atoms with van der Waals surface area (Å²) >= 11 is 0. The first kappa shape index (κ1) is 9.48. The van der Waals surface area contributed by atoms with Gasteiger partial charge in [0.15, 0.2) is 0 Å². The van der Waals surface area contributed by atoms with Gasteiger partial charge in [0.2, 0.25) is 5.91 Å². The molecule has 70 valence electrons. The number of rotatable bonds is 3. The first-order valence-corrected chi connectivity index (χ1v) is 4.36. The van der Waals surface area contributed by atoms with Gasteiger partial charge in [-0.15, -0.1) is 0 Å². The second-order valence-corrected chi connectivity index (χ2v) is 3.24. The van der Waals surface area contributed by atoms with E-state index in [1.807, 2.05) is 0 Å². The molecule has 1 aliphatic rings. The number of hydrogen-bond acceptors (Lipinski definition) is 3. The van der Waals surface area contributed by atoms with E-state index in [4.69, 9.17) is 10.8 Å². The number of carbonyl (C=O) groups excluding carboxylic acids is 1. The lowest BCUT2D eigenvalue weighted by Crippen LogP contribution is -2.39. The molecule has 3 N–H and O–H groups in total. The van der Waals surface area contributed by atoms with Crippen molar-refractivity contribution < 1.29 is 9.90 Å². The number of likely N-dealkylation sites (tertiary alicyclic amines) is 1. The molecule has 1 amide bonds. The van der Waals surface area contributed by atoms with E-state index in [0.29, 0.717) is 6.54 Å². The average Bonchev–Trinajstić information content (AvgIpc) is 2.06. The Morgan fingerprint density at radius 2 is 2.17 bits per heavy atom. The predicted octanol–water partition coefficient (Wildman–Crippen LogP) is -0.824. The van der Waals surface area contributed by atoms with Crippen molar-refractivity contribution in [1.82, 2.24) is 4.90 Å². The van der Waals surface area contributed by atoms with Gasteiger partial charge in [0.1, 0.15) is 0 Å². The largest absolute Gasteiger partial charge is 0.395 e. The van der Waals surface area contributed by atoms with Crippen molar-refractivity contribution in [3.63, 3.8) is 0 Å². The van der Waals surface area contributed by atoms with Crippen molar-refractivity contribution in [2.45, 2.75) is 12.8 Å². The molecule has 0 unspecified atom stereocenters. The lowest BCUT2D eigenvalue weighted by atomic mass is 9.97. The molecular formula is C8H16N2O2. The van der Waals surface area contributed by atoms with E-state index in [1.165, 1.54) is 0 Å². The molecule has 0 aromatic heterocycles. The summed E-state index contributed by atoms with van der Waals surface area (Å²) < 4.78 is 0. The van der Waals surface area contributed by atoms with Gasteiger partial charge in [0.05, 0.1) is 6.61 Å². The van der Waals surface area contributed by atoms with Crippen molar-refractivity contribution in [1.29, 1.82) is 0 Å². The zero-order valence-corrected chi connectivity index (χ0v) is 7.20. The maximum absolute atomic E-state index is 10.8. The first-order chi connectivity index (χ1) is 5.74. The van der Waals surface area contributed by atoms with Crippen LogP contribution in [0, 0.1) is 5.92 Å². The van der Waals surface area contributed by atoms with E-state index in [9.17, 15) is 4.79 Å². The van der Waals surface area contributed by atoms with Gasteiger partial charge in [0.25, 0.3) is 0 Å². The van der Waals surface area contributed by atoms with Crippen molar-refractivity contribution in [3.8, 4) is 0 Å². The Bertz CT molecular complexity index is 153. The van der Waals surface area contributed by atoms with Crippen LogP contribution < -0.4 is 5.73 Å². The van der Waals surface area contributed by atoms with E-state index in [0.717, 1.165) is 25.9 Å². The second kappa shape index (κ2) is 4.42. The third-order valence-electron chi connectivity index (χ3n) is 2.41.